The van der Waals surface area contributed by atoms with Crippen LogP contribution in [-0.4, -0.2) is 43.3 Å². The summed E-state index contributed by atoms with van der Waals surface area (Å²) in [6.07, 6.45) is 10.1. The summed E-state index contributed by atoms with van der Waals surface area (Å²) in [5, 5.41) is 0. The van der Waals surface area contributed by atoms with Crippen molar-refractivity contribution in [1.29, 1.82) is 0 Å². The average molecular weight is 317 g/mol. The van der Waals surface area contributed by atoms with E-state index in [4.69, 9.17) is 10.5 Å². The van der Waals surface area contributed by atoms with Crippen molar-refractivity contribution in [2.75, 3.05) is 26.2 Å². The molecule has 22 heavy (non-hydrogen) atoms. The highest BCUT2D eigenvalue weighted by Gasteiger charge is 2.17. The van der Waals surface area contributed by atoms with E-state index in [0.29, 0.717) is 12.1 Å². The van der Waals surface area contributed by atoms with Crippen LogP contribution < -0.4 is 5.73 Å². The van der Waals surface area contributed by atoms with Crippen LogP contribution in [0, 0.1) is 5.92 Å². The summed E-state index contributed by atoms with van der Waals surface area (Å²) in [7, 11) is 0. The molecule has 0 aromatic carbocycles. The van der Waals surface area contributed by atoms with Crippen molar-refractivity contribution in [2.45, 2.75) is 91.7 Å². The molecule has 136 valence electrons. The van der Waals surface area contributed by atoms with Gasteiger partial charge in [-0.1, -0.05) is 53.9 Å². The highest BCUT2D eigenvalue weighted by Crippen LogP contribution is 2.20. The van der Waals surface area contributed by atoms with Crippen LogP contribution in [0.4, 0.5) is 0 Å². The van der Waals surface area contributed by atoms with Crippen LogP contribution in [-0.2, 0) is 4.74 Å². The minimum Gasteiger partial charge on any atom is -0.377 e. The number of rotatable bonds is 4. The lowest BCUT2D eigenvalue weighted by Crippen LogP contribution is -2.36. The van der Waals surface area contributed by atoms with Crippen molar-refractivity contribution < 1.29 is 6.16 Å². The van der Waals surface area contributed by atoms with Crippen molar-refractivity contribution in [2.24, 2.45) is 11.7 Å². The summed E-state index contributed by atoms with van der Waals surface area (Å²) in [4.78, 5) is 2.57. The average Bonchev–Trinajstić information content (AvgIpc) is 2.52. The summed E-state index contributed by atoms with van der Waals surface area (Å²) < 4.78 is 5.97. The van der Waals surface area contributed by atoms with Crippen LogP contribution in [0.25, 0.3) is 0 Å². The van der Waals surface area contributed by atoms with Gasteiger partial charge in [0.05, 0.1) is 12.7 Å². The van der Waals surface area contributed by atoms with E-state index >= 15 is 0 Å². The molecule has 0 aromatic heterocycles. The fourth-order valence-electron chi connectivity index (χ4n) is 2.87. The van der Waals surface area contributed by atoms with E-state index in [1.165, 1.54) is 58.0 Å². The Morgan fingerprint density at radius 1 is 1.05 bits per heavy atom. The SMILES string of the molecule is CC.CC(C)N.CC1CCN(CCOC2CCCCC2)CC1.[HH]. The zero-order chi connectivity index (χ0) is 16.8. The van der Waals surface area contributed by atoms with Crippen LogP contribution in [0.3, 0.4) is 0 Å². The molecule has 1 heterocycles. The number of hydrogen-bond donors (Lipinski definition) is 1. The normalized spacial score (nSPS) is 20.9. The third-order valence-corrected chi connectivity index (χ3v) is 4.19. The van der Waals surface area contributed by atoms with Crippen molar-refractivity contribution >= 4 is 0 Å². The molecular weight excluding hydrogens is 272 g/mol. The second-order valence-electron chi connectivity index (χ2n) is 6.90. The summed E-state index contributed by atoms with van der Waals surface area (Å²) in [6.45, 7) is 14.9. The van der Waals surface area contributed by atoms with Crippen LogP contribution >= 0.6 is 0 Å². The van der Waals surface area contributed by atoms with Crippen LogP contribution in [0.15, 0.2) is 0 Å². The molecular formula is C19H44N2O. The minimum absolute atomic E-state index is 0. The van der Waals surface area contributed by atoms with Crippen molar-refractivity contribution in [3.05, 3.63) is 0 Å². The molecule has 0 unspecified atom stereocenters. The maximum absolute atomic E-state index is 5.97. The first kappa shape index (κ1) is 21.9. The van der Waals surface area contributed by atoms with E-state index in [9.17, 15) is 0 Å². The zero-order valence-electron chi connectivity index (χ0n) is 15.9. The summed E-state index contributed by atoms with van der Waals surface area (Å²) in [5.41, 5.74) is 5.11. The van der Waals surface area contributed by atoms with Gasteiger partial charge < -0.3 is 15.4 Å². The molecule has 0 spiro atoms. The van der Waals surface area contributed by atoms with Gasteiger partial charge in [-0.15, -0.1) is 0 Å². The molecule has 0 radical (unpaired) electrons. The summed E-state index contributed by atoms with van der Waals surface area (Å²) >= 11 is 0. The van der Waals surface area contributed by atoms with Crippen molar-refractivity contribution in [3.63, 3.8) is 0 Å². The Labute approximate surface area is 141 Å². The third kappa shape index (κ3) is 12.4. The first-order valence-corrected chi connectivity index (χ1v) is 9.67. The Morgan fingerprint density at radius 2 is 1.55 bits per heavy atom. The Bertz CT molecular complexity index is 223. The lowest BCUT2D eigenvalue weighted by Gasteiger charge is -2.31. The molecule has 1 saturated carbocycles. The molecule has 0 atom stereocenters. The second-order valence-corrected chi connectivity index (χ2v) is 6.90. The maximum atomic E-state index is 5.97. The molecule has 3 nitrogen and oxygen atoms in total. The van der Waals surface area contributed by atoms with E-state index in [-0.39, 0.29) is 1.43 Å². The van der Waals surface area contributed by atoms with E-state index in [0.717, 1.165) is 19.1 Å². The van der Waals surface area contributed by atoms with Gasteiger partial charge in [-0.25, -0.2) is 0 Å². The van der Waals surface area contributed by atoms with Gasteiger partial charge in [0.2, 0.25) is 0 Å². The smallest absolute Gasteiger partial charge is 0.0597 e. The standard InChI is InChI=1S/C14H27NO.C3H9N.C2H6.H2/c1-13-7-9-15(10-8-13)11-12-16-14-5-3-2-4-6-14;1-3(2)4;1-2;/h13-14H,2-12H2,1H3;3H,4H2,1-2H3;1-2H3;1H. The summed E-state index contributed by atoms with van der Waals surface area (Å²) in [5.74, 6) is 0.940. The topological polar surface area (TPSA) is 38.5 Å². The Hall–Kier alpha value is -0.120. The quantitative estimate of drug-likeness (QED) is 0.817. The van der Waals surface area contributed by atoms with Gasteiger partial charge in [0.1, 0.15) is 0 Å². The number of piperidine rings is 1. The predicted molar refractivity (Wildman–Crippen MR) is 100 cm³/mol. The Balaban J connectivity index is 0. The number of ether oxygens (including phenoxy) is 1. The number of hydrogen-bond acceptors (Lipinski definition) is 3. The molecule has 2 aliphatic rings. The van der Waals surface area contributed by atoms with Gasteiger partial charge in [0.25, 0.3) is 0 Å². The predicted octanol–water partition coefficient (Wildman–Crippen LogP) is 4.69. The molecule has 1 aliphatic heterocycles. The van der Waals surface area contributed by atoms with Crippen LogP contribution in [0.5, 0.6) is 0 Å². The molecule has 0 bridgehead atoms. The van der Waals surface area contributed by atoms with Crippen LogP contribution in [0.1, 0.15) is 81.0 Å². The first-order valence-electron chi connectivity index (χ1n) is 9.67. The first-order chi connectivity index (χ1) is 10.6. The molecule has 2 N–H and O–H groups in total. The van der Waals surface area contributed by atoms with E-state index < -0.39 is 0 Å². The van der Waals surface area contributed by atoms with Gasteiger partial charge >= 0.3 is 0 Å². The highest BCUT2D eigenvalue weighted by atomic mass is 16.5. The minimum atomic E-state index is 0. The fourth-order valence-corrected chi connectivity index (χ4v) is 2.87. The summed E-state index contributed by atoms with van der Waals surface area (Å²) in [6, 6.07) is 0.333. The monoisotopic (exact) mass is 316 g/mol. The molecule has 2 fully saturated rings. The van der Waals surface area contributed by atoms with Gasteiger partial charge in [-0.2, -0.15) is 0 Å². The molecule has 1 saturated heterocycles. The molecule has 3 heteroatoms. The number of likely N-dealkylation sites (tertiary alicyclic amines) is 1. The van der Waals surface area contributed by atoms with Crippen LogP contribution in [0.2, 0.25) is 0 Å². The Morgan fingerprint density at radius 3 is 2.05 bits per heavy atom. The molecule has 2 rings (SSSR count). The molecule has 1 aliphatic carbocycles. The van der Waals surface area contributed by atoms with E-state index in [2.05, 4.69) is 11.8 Å². The van der Waals surface area contributed by atoms with E-state index in [1.807, 2.05) is 27.7 Å². The van der Waals surface area contributed by atoms with Gasteiger partial charge in [-0.05, 0) is 50.7 Å². The van der Waals surface area contributed by atoms with Crippen molar-refractivity contribution in [3.8, 4) is 0 Å². The van der Waals surface area contributed by atoms with Gasteiger partial charge in [0.15, 0.2) is 0 Å². The molecule has 0 aromatic rings. The number of nitrogens with zero attached hydrogens (tertiary/aromatic N) is 1. The van der Waals surface area contributed by atoms with Gasteiger partial charge in [0, 0.05) is 7.97 Å². The largest absolute Gasteiger partial charge is 0.377 e. The lowest BCUT2D eigenvalue weighted by molar-refractivity contribution is 0.0123. The Kier molecular flexibility index (Phi) is 14.4. The van der Waals surface area contributed by atoms with E-state index in [1.54, 1.807) is 0 Å². The maximum Gasteiger partial charge on any atom is 0.0597 e. The lowest BCUT2D eigenvalue weighted by atomic mass is 9.98. The zero-order valence-corrected chi connectivity index (χ0v) is 15.9. The fraction of sp³-hybridized carbons (Fsp3) is 1.00. The third-order valence-electron chi connectivity index (χ3n) is 4.19. The molecule has 0 amide bonds. The van der Waals surface area contributed by atoms with Gasteiger partial charge in [-0.3, -0.25) is 0 Å². The number of nitrogens with two attached hydrogens (primary N) is 1. The van der Waals surface area contributed by atoms with Crippen molar-refractivity contribution in [1.82, 2.24) is 4.90 Å². The second kappa shape index (κ2) is 14.5. The highest BCUT2D eigenvalue weighted by molar-refractivity contribution is 4.70.